The molecule has 1 aliphatic carbocycles. The molecule has 0 unspecified atom stereocenters. The van der Waals surface area contributed by atoms with Crippen LogP contribution in [0.4, 0.5) is 4.79 Å². The number of hydrogen-bond donors (Lipinski definition) is 3. The molecule has 2 amide bonds. The number of ether oxygens (including phenoxy) is 1. The Labute approximate surface area is 193 Å². The van der Waals surface area contributed by atoms with Gasteiger partial charge in [-0.25, -0.2) is 4.79 Å². The number of hydrogen-bond acceptors (Lipinski definition) is 4. The van der Waals surface area contributed by atoms with Crippen LogP contribution in [0.15, 0.2) is 60.7 Å². The number of carbonyl (C=O) groups is 3. The van der Waals surface area contributed by atoms with E-state index in [-0.39, 0.29) is 31.4 Å². The van der Waals surface area contributed by atoms with Crippen molar-refractivity contribution < 1.29 is 24.2 Å². The predicted molar refractivity (Wildman–Crippen MR) is 126 cm³/mol. The molecular formula is C26H30N2O5. The van der Waals surface area contributed by atoms with Crippen LogP contribution in [0.3, 0.4) is 0 Å². The monoisotopic (exact) mass is 450 g/mol. The summed E-state index contributed by atoms with van der Waals surface area (Å²) in [6, 6.07) is 15.8. The standard InChI is InChI=1S/C26H30N2O5/c1-2-3-9-18(16-25(30)31)28-24(29)14-8-15-27-26(32)33-17-23-21-12-6-4-10-19(21)20-11-5-7-13-22(20)23/h4-8,10-14,18,23H,2-3,9,15-17H2,1H3,(H,27,32)(H,28,29)(H,30,31)/b14-8+/t18-/m0/s1. The largest absolute Gasteiger partial charge is 0.481 e. The average molecular weight is 451 g/mol. The first-order valence-electron chi connectivity index (χ1n) is 11.3. The SMILES string of the molecule is CCCC[C@@H](CC(=O)O)NC(=O)/C=C/CNC(=O)OCC1c2ccccc2-c2ccccc21. The van der Waals surface area contributed by atoms with Gasteiger partial charge in [-0.3, -0.25) is 9.59 Å². The van der Waals surface area contributed by atoms with Crippen LogP contribution in [0.1, 0.15) is 49.7 Å². The fraction of sp³-hybridized carbons (Fsp3) is 0.346. The third kappa shape index (κ3) is 6.68. The predicted octanol–water partition coefficient (Wildman–Crippen LogP) is 4.23. The lowest BCUT2D eigenvalue weighted by Crippen LogP contribution is -2.35. The highest BCUT2D eigenvalue weighted by Crippen LogP contribution is 2.44. The quantitative estimate of drug-likeness (QED) is 0.445. The van der Waals surface area contributed by atoms with E-state index in [0.717, 1.165) is 35.1 Å². The third-order valence-corrected chi connectivity index (χ3v) is 5.65. The number of rotatable bonds is 11. The molecule has 174 valence electrons. The topological polar surface area (TPSA) is 105 Å². The number of benzene rings is 2. The van der Waals surface area contributed by atoms with Crippen molar-refractivity contribution >= 4 is 18.0 Å². The van der Waals surface area contributed by atoms with Gasteiger partial charge >= 0.3 is 12.1 Å². The molecule has 0 spiro atoms. The molecule has 0 bridgehead atoms. The minimum atomic E-state index is -0.947. The van der Waals surface area contributed by atoms with Crippen molar-refractivity contribution in [2.75, 3.05) is 13.2 Å². The minimum absolute atomic E-state index is 0.0150. The average Bonchev–Trinajstić information content (AvgIpc) is 3.12. The second-order valence-corrected chi connectivity index (χ2v) is 8.05. The lowest BCUT2D eigenvalue weighted by molar-refractivity contribution is -0.137. The molecule has 2 aromatic carbocycles. The van der Waals surface area contributed by atoms with Gasteiger partial charge in [-0.15, -0.1) is 0 Å². The van der Waals surface area contributed by atoms with E-state index in [1.807, 2.05) is 31.2 Å². The van der Waals surface area contributed by atoms with Crippen molar-refractivity contribution in [1.29, 1.82) is 0 Å². The third-order valence-electron chi connectivity index (χ3n) is 5.65. The summed E-state index contributed by atoms with van der Waals surface area (Å²) in [5.41, 5.74) is 4.61. The van der Waals surface area contributed by atoms with Crippen LogP contribution in [0, 0.1) is 0 Å². The Bertz CT molecular complexity index is 972. The number of aliphatic carboxylic acids is 1. The Hall–Kier alpha value is -3.61. The summed E-state index contributed by atoms with van der Waals surface area (Å²) < 4.78 is 5.45. The summed E-state index contributed by atoms with van der Waals surface area (Å²) in [6.45, 7) is 2.36. The normalized spacial score (nSPS) is 13.2. The van der Waals surface area contributed by atoms with Crippen molar-refractivity contribution in [3.63, 3.8) is 0 Å². The zero-order chi connectivity index (χ0) is 23.6. The van der Waals surface area contributed by atoms with Crippen LogP contribution < -0.4 is 10.6 Å². The molecule has 0 saturated carbocycles. The molecule has 2 aromatic rings. The van der Waals surface area contributed by atoms with Crippen LogP contribution in [0.25, 0.3) is 11.1 Å². The number of fused-ring (bicyclic) bond motifs is 3. The zero-order valence-corrected chi connectivity index (χ0v) is 18.8. The molecule has 1 aliphatic rings. The highest BCUT2D eigenvalue weighted by Gasteiger charge is 2.28. The molecule has 0 saturated heterocycles. The number of unbranched alkanes of at least 4 members (excludes halogenated alkanes) is 1. The molecule has 7 nitrogen and oxygen atoms in total. The Morgan fingerprint density at radius 3 is 2.30 bits per heavy atom. The van der Waals surface area contributed by atoms with Gasteiger partial charge in [0.2, 0.25) is 5.91 Å². The molecule has 0 aromatic heterocycles. The van der Waals surface area contributed by atoms with Gasteiger partial charge in [0.15, 0.2) is 0 Å². The molecule has 33 heavy (non-hydrogen) atoms. The van der Waals surface area contributed by atoms with Crippen LogP contribution in [-0.2, 0) is 14.3 Å². The van der Waals surface area contributed by atoms with Crippen LogP contribution in [-0.4, -0.2) is 42.3 Å². The fourth-order valence-electron chi connectivity index (χ4n) is 4.09. The maximum absolute atomic E-state index is 12.2. The van der Waals surface area contributed by atoms with Crippen molar-refractivity contribution in [3.8, 4) is 11.1 Å². The number of amides is 2. The molecule has 3 rings (SSSR count). The van der Waals surface area contributed by atoms with E-state index in [9.17, 15) is 14.4 Å². The van der Waals surface area contributed by atoms with E-state index in [0.29, 0.717) is 6.42 Å². The van der Waals surface area contributed by atoms with E-state index in [1.165, 1.54) is 12.2 Å². The van der Waals surface area contributed by atoms with Gasteiger partial charge in [-0.1, -0.05) is 74.4 Å². The van der Waals surface area contributed by atoms with Crippen LogP contribution >= 0.6 is 0 Å². The first-order valence-corrected chi connectivity index (χ1v) is 11.3. The number of nitrogens with one attached hydrogen (secondary N) is 2. The van der Waals surface area contributed by atoms with Crippen molar-refractivity contribution in [3.05, 3.63) is 71.8 Å². The first-order chi connectivity index (χ1) is 16.0. The van der Waals surface area contributed by atoms with Crippen molar-refractivity contribution in [2.45, 2.75) is 44.6 Å². The lowest BCUT2D eigenvalue weighted by atomic mass is 9.98. The molecule has 0 heterocycles. The number of carboxylic acid groups (broad SMARTS) is 1. The fourth-order valence-corrected chi connectivity index (χ4v) is 4.09. The number of alkyl carbamates (subject to hydrolysis) is 1. The zero-order valence-electron chi connectivity index (χ0n) is 18.8. The second kappa shape index (κ2) is 11.9. The van der Waals surface area contributed by atoms with Crippen LogP contribution in [0.2, 0.25) is 0 Å². The molecule has 7 heteroatoms. The lowest BCUT2D eigenvalue weighted by Gasteiger charge is -2.15. The Morgan fingerprint density at radius 2 is 1.70 bits per heavy atom. The molecule has 0 aliphatic heterocycles. The van der Waals surface area contributed by atoms with E-state index < -0.39 is 18.1 Å². The summed E-state index contributed by atoms with van der Waals surface area (Å²) in [7, 11) is 0. The molecule has 3 N–H and O–H groups in total. The number of carbonyl (C=O) groups excluding carboxylic acids is 2. The maximum Gasteiger partial charge on any atom is 0.407 e. The smallest absolute Gasteiger partial charge is 0.407 e. The molecule has 0 radical (unpaired) electrons. The minimum Gasteiger partial charge on any atom is -0.481 e. The molecule has 1 atom stereocenters. The summed E-state index contributed by atoms with van der Waals surface area (Å²) in [5, 5.41) is 14.3. The van der Waals surface area contributed by atoms with E-state index in [1.54, 1.807) is 0 Å². The Kier molecular flexibility index (Phi) is 8.63. The summed E-state index contributed by atoms with van der Waals surface area (Å²) in [4.78, 5) is 35.1. The van der Waals surface area contributed by atoms with Gasteiger partial charge in [0.1, 0.15) is 6.61 Å². The highest BCUT2D eigenvalue weighted by atomic mass is 16.5. The Balaban J connectivity index is 1.45. The first kappa shape index (κ1) is 24.0. The van der Waals surface area contributed by atoms with E-state index in [2.05, 4.69) is 34.9 Å². The number of carboxylic acids is 1. The van der Waals surface area contributed by atoms with Crippen LogP contribution in [0.5, 0.6) is 0 Å². The summed E-state index contributed by atoms with van der Waals surface area (Å²) in [5.74, 6) is -1.34. The van der Waals surface area contributed by atoms with Gasteiger partial charge in [0.25, 0.3) is 0 Å². The van der Waals surface area contributed by atoms with Gasteiger partial charge in [-0.2, -0.15) is 0 Å². The van der Waals surface area contributed by atoms with E-state index in [4.69, 9.17) is 9.84 Å². The Morgan fingerprint density at radius 1 is 1.06 bits per heavy atom. The maximum atomic E-state index is 12.2. The van der Waals surface area contributed by atoms with Gasteiger partial charge < -0.3 is 20.5 Å². The molecule has 0 fully saturated rings. The van der Waals surface area contributed by atoms with Crippen molar-refractivity contribution in [1.82, 2.24) is 10.6 Å². The summed E-state index contributed by atoms with van der Waals surface area (Å²) in [6.07, 6.45) is 4.50. The van der Waals surface area contributed by atoms with Crippen molar-refractivity contribution in [2.24, 2.45) is 0 Å². The second-order valence-electron chi connectivity index (χ2n) is 8.05. The summed E-state index contributed by atoms with van der Waals surface area (Å²) >= 11 is 0. The van der Waals surface area contributed by atoms with Gasteiger partial charge in [-0.05, 0) is 28.7 Å². The van der Waals surface area contributed by atoms with Gasteiger partial charge in [0, 0.05) is 24.6 Å². The van der Waals surface area contributed by atoms with Gasteiger partial charge in [0.05, 0.1) is 6.42 Å². The van der Waals surface area contributed by atoms with E-state index >= 15 is 0 Å². The molecular weight excluding hydrogens is 420 g/mol. The highest BCUT2D eigenvalue weighted by molar-refractivity contribution is 5.88.